The predicted octanol–water partition coefficient (Wildman–Crippen LogP) is 3.71. The molecule has 0 aliphatic rings. The molecule has 0 saturated carbocycles. The van der Waals surface area contributed by atoms with E-state index in [1.807, 2.05) is 61.5 Å². The number of halogens is 1. The van der Waals surface area contributed by atoms with Gasteiger partial charge in [0.05, 0.1) is 23.8 Å². The van der Waals surface area contributed by atoms with Gasteiger partial charge in [0, 0.05) is 31.4 Å². The molecule has 0 aliphatic heterocycles. The maximum absolute atomic E-state index is 14.8. The minimum absolute atomic E-state index is 0.145. The molecule has 0 aliphatic carbocycles. The molecule has 28 heavy (non-hydrogen) atoms. The molecule has 0 amide bonds. The van der Waals surface area contributed by atoms with Gasteiger partial charge in [0.1, 0.15) is 11.6 Å². The quantitative estimate of drug-likeness (QED) is 0.546. The van der Waals surface area contributed by atoms with Crippen LogP contribution in [0.2, 0.25) is 0 Å². The SMILES string of the molecule is CN(C)c1ccc(-c2ccc(Cn3c(=O)cnc4ccccc43)c(F)c2)cn1. The van der Waals surface area contributed by atoms with Gasteiger partial charge in [-0.15, -0.1) is 0 Å². The highest BCUT2D eigenvalue weighted by Gasteiger charge is 2.10. The Balaban J connectivity index is 1.68. The maximum Gasteiger partial charge on any atom is 0.269 e. The third-order valence-electron chi connectivity index (χ3n) is 4.67. The van der Waals surface area contributed by atoms with Crippen LogP contribution in [0.4, 0.5) is 10.2 Å². The van der Waals surface area contributed by atoms with E-state index < -0.39 is 0 Å². The fraction of sp³-hybridized carbons (Fsp3) is 0.136. The third-order valence-corrected chi connectivity index (χ3v) is 4.67. The molecule has 140 valence electrons. The van der Waals surface area contributed by atoms with Crippen molar-refractivity contribution in [3.63, 3.8) is 0 Å². The van der Waals surface area contributed by atoms with Gasteiger partial charge in [0.25, 0.3) is 5.56 Å². The Hall–Kier alpha value is -3.54. The van der Waals surface area contributed by atoms with Crippen LogP contribution < -0.4 is 10.5 Å². The van der Waals surface area contributed by atoms with Crippen molar-refractivity contribution in [2.24, 2.45) is 0 Å². The zero-order valence-electron chi connectivity index (χ0n) is 15.6. The number of hydrogen-bond acceptors (Lipinski definition) is 4. The maximum atomic E-state index is 14.8. The number of aromatic nitrogens is 3. The van der Waals surface area contributed by atoms with E-state index in [2.05, 4.69) is 9.97 Å². The lowest BCUT2D eigenvalue weighted by Gasteiger charge is -2.13. The Morgan fingerprint density at radius 2 is 1.75 bits per heavy atom. The Morgan fingerprint density at radius 1 is 0.964 bits per heavy atom. The van der Waals surface area contributed by atoms with Crippen molar-refractivity contribution in [1.29, 1.82) is 0 Å². The van der Waals surface area contributed by atoms with Gasteiger partial charge in [-0.2, -0.15) is 0 Å². The van der Waals surface area contributed by atoms with E-state index in [4.69, 9.17) is 0 Å². The lowest BCUT2D eigenvalue weighted by atomic mass is 10.0. The monoisotopic (exact) mass is 374 g/mol. The standard InChI is InChI=1S/C22H19FN4O/c1-26(2)21-10-9-16(12-25-21)15-7-8-17(18(23)11-15)14-27-20-6-4-3-5-19(20)24-13-22(27)28/h3-13H,14H2,1-2H3. The van der Waals surface area contributed by atoms with Crippen LogP contribution in [0, 0.1) is 5.82 Å². The second-order valence-electron chi connectivity index (χ2n) is 6.78. The Labute approximate surface area is 161 Å². The average Bonchev–Trinajstić information content (AvgIpc) is 2.71. The van der Waals surface area contributed by atoms with Crippen molar-refractivity contribution in [3.05, 3.63) is 88.7 Å². The highest BCUT2D eigenvalue weighted by molar-refractivity contribution is 5.74. The molecule has 0 fully saturated rings. The first-order valence-electron chi connectivity index (χ1n) is 8.90. The molecule has 0 bridgehead atoms. The summed E-state index contributed by atoms with van der Waals surface area (Å²) in [5.41, 5.74) is 3.15. The van der Waals surface area contributed by atoms with E-state index in [0.29, 0.717) is 16.6 Å². The third kappa shape index (κ3) is 3.36. The van der Waals surface area contributed by atoms with Crippen molar-refractivity contribution in [1.82, 2.24) is 14.5 Å². The molecule has 4 rings (SSSR count). The van der Waals surface area contributed by atoms with E-state index in [1.54, 1.807) is 12.3 Å². The first-order valence-corrected chi connectivity index (χ1v) is 8.90. The lowest BCUT2D eigenvalue weighted by molar-refractivity contribution is 0.599. The van der Waals surface area contributed by atoms with E-state index in [-0.39, 0.29) is 17.9 Å². The summed E-state index contributed by atoms with van der Waals surface area (Å²) in [6, 6.07) is 16.2. The van der Waals surface area contributed by atoms with Gasteiger partial charge in [0.2, 0.25) is 0 Å². The van der Waals surface area contributed by atoms with Crippen LogP contribution in [0.15, 0.2) is 71.8 Å². The summed E-state index contributed by atoms with van der Waals surface area (Å²) < 4.78 is 16.3. The Kier molecular flexibility index (Phi) is 4.61. The van der Waals surface area contributed by atoms with Gasteiger partial charge < -0.3 is 9.47 Å². The summed E-state index contributed by atoms with van der Waals surface area (Å²) >= 11 is 0. The van der Waals surface area contributed by atoms with Crippen molar-refractivity contribution < 1.29 is 4.39 Å². The molecule has 2 aromatic heterocycles. The van der Waals surface area contributed by atoms with Gasteiger partial charge >= 0.3 is 0 Å². The number of pyridine rings is 1. The molecule has 0 unspecified atom stereocenters. The highest BCUT2D eigenvalue weighted by atomic mass is 19.1. The van der Waals surface area contributed by atoms with Crippen molar-refractivity contribution in [2.45, 2.75) is 6.54 Å². The van der Waals surface area contributed by atoms with E-state index in [0.717, 1.165) is 16.9 Å². The summed E-state index contributed by atoms with van der Waals surface area (Å²) in [6.45, 7) is 0.145. The molecule has 5 nitrogen and oxygen atoms in total. The molecule has 0 saturated heterocycles. The molecule has 2 heterocycles. The summed E-state index contributed by atoms with van der Waals surface area (Å²) in [7, 11) is 3.84. The number of benzene rings is 2. The number of fused-ring (bicyclic) bond motifs is 1. The molecular weight excluding hydrogens is 355 g/mol. The number of hydrogen-bond donors (Lipinski definition) is 0. The van der Waals surface area contributed by atoms with E-state index >= 15 is 0 Å². The van der Waals surface area contributed by atoms with Gasteiger partial charge in [0.15, 0.2) is 0 Å². The summed E-state index contributed by atoms with van der Waals surface area (Å²) in [6.07, 6.45) is 3.00. The van der Waals surface area contributed by atoms with Gasteiger partial charge in [-0.3, -0.25) is 4.79 Å². The minimum atomic E-state index is -0.359. The summed E-state index contributed by atoms with van der Waals surface area (Å²) in [5.74, 6) is 0.478. The number of anilines is 1. The summed E-state index contributed by atoms with van der Waals surface area (Å²) in [5, 5.41) is 0. The average molecular weight is 374 g/mol. The minimum Gasteiger partial charge on any atom is -0.363 e. The zero-order valence-corrected chi connectivity index (χ0v) is 15.6. The molecule has 6 heteroatoms. The number of nitrogens with zero attached hydrogens (tertiary/aromatic N) is 4. The fourth-order valence-corrected chi connectivity index (χ4v) is 3.12. The highest BCUT2D eigenvalue weighted by Crippen LogP contribution is 2.23. The molecule has 0 N–H and O–H groups in total. The van der Waals surface area contributed by atoms with Crippen LogP contribution >= 0.6 is 0 Å². The number of rotatable bonds is 4. The number of para-hydroxylation sites is 2. The predicted molar refractivity (Wildman–Crippen MR) is 109 cm³/mol. The molecule has 2 aromatic carbocycles. The van der Waals surface area contributed by atoms with Crippen molar-refractivity contribution >= 4 is 16.9 Å². The van der Waals surface area contributed by atoms with Gasteiger partial charge in [-0.1, -0.05) is 24.3 Å². The Bertz CT molecular complexity index is 1200. The van der Waals surface area contributed by atoms with Crippen LogP contribution in [0.3, 0.4) is 0 Å². The summed E-state index contributed by atoms with van der Waals surface area (Å²) in [4.78, 5) is 22.7. The van der Waals surface area contributed by atoms with Crippen molar-refractivity contribution in [3.8, 4) is 11.1 Å². The normalized spacial score (nSPS) is 11.0. The zero-order chi connectivity index (χ0) is 19.7. The molecular formula is C22H19FN4O. The second kappa shape index (κ2) is 7.23. The van der Waals surface area contributed by atoms with Crippen LogP contribution in [0.5, 0.6) is 0 Å². The van der Waals surface area contributed by atoms with Gasteiger partial charge in [-0.25, -0.2) is 14.4 Å². The molecule has 4 aromatic rings. The van der Waals surface area contributed by atoms with Gasteiger partial charge in [-0.05, 0) is 35.9 Å². The lowest BCUT2D eigenvalue weighted by Crippen LogP contribution is -2.21. The van der Waals surface area contributed by atoms with Crippen molar-refractivity contribution in [2.75, 3.05) is 19.0 Å². The first-order chi connectivity index (χ1) is 13.5. The second-order valence-corrected chi connectivity index (χ2v) is 6.78. The molecule has 0 spiro atoms. The topological polar surface area (TPSA) is 51.0 Å². The van der Waals surface area contributed by atoms with E-state index in [9.17, 15) is 9.18 Å². The van der Waals surface area contributed by atoms with Crippen LogP contribution in [0.25, 0.3) is 22.2 Å². The first kappa shape index (κ1) is 17.9. The molecule has 0 radical (unpaired) electrons. The van der Waals surface area contributed by atoms with Crippen LogP contribution in [-0.2, 0) is 6.54 Å². The van der Waals surface area contributed by atoms with E-state index in [1.165, 1.54) is 16.8 Å². The van der Waals surface area contributed by atoms with Crippen LogP contribution in [0.1, 0.15) is 5.56 Å². The Morgan fingerprint density at radius 3 is 2.46 bits per heavy atom. The smallest absolute Gasteiger partial charge is 0.269 e. The molecule has 0 atom stereocenters. The largest absolute Gasteiger partial charge is 0.363 e. The van der Waals surface area contributed by atoms with Crippen LogP contribution in [-0.4, -0.2) is 28.6 Å². The fourth-order valence-electron chi connectivity index (χ4n) is 3.12.